The fourth-order valence-electron chi connectivity index (χ4n) is 2.37. The molecule has 1 aliphatic rings. The number of aliphatic hydroxyl groups is 1. The Morgan fingerprint density at radius 1 is 1.47 bits per heavy atom. The summed E-state index contributed by atoms with van der Waals surface area (Å²) in [7, 11) is 0. The first-order chi connectivity index (χ1) is 8.16. The summed E-state index contributed by atoms with van der Waals surface area (Å²) in [6.07, 6.45) is 2.69. The van der Waals surface area contributed by atoms with Gasteiger partial charge in [-0.2, -0.15) is 0 Å². The monoisotopic (exact) mass is 233 g/mol. The SMILES string of the molecule is Cc1cccc(C(=O)NCC2CCCC2O)c1. The molecule has 1 saturated carbocycles. The van der Waals surface area contributed by atoms with Gasteiger partial charge in [-0.3, -0.25) is 4.79 Å². The van der Waals surface area contributed by atoms with Crippen LogP contribution in [0.25, 0.3) is 0 Å². The maximum absolute atomic E-state index is 11.9. The number of amides is 1. The van der Waals surface area contributed by atoms with Crippen LogP contribution in [0.15, 0.2) is 24.3 Å². The van der Waals surface area contributed by atoms with E-state index in [1.165, 1.54) is 0 Å². The minimum absolute atomic E-state index is 0.0483. The zero-order valence-electron chi connectivity index (χ0n) is 10.1. The Kier molecular flexibility index (Phi) is 3.79. The normalized spacial score (nSPS) is 23.6. The third-order valence-corrected chi connectivity index (χ3v) is 3.42. The largest absolute Gasteiger partial charge is 0.393 e. The van der Waals surface area contributed by atoms with Crippen molar-refractivity contribution in [3.8, 4) is 0 Å². The van der Waals surface area contributed by atoms with Gasteiger partial charge in [0.25, 0.3) is 5.91 Å². The third kappa shape index (κ3) is 3.07. The average molecular weight is 233 g/mol. The minimum atomic E-state index is -0.243. The van der Waals surface area contributed by atoms with Crippen molar-refractivity contribution in [3.05, 3.63) is 35.4 Å². The molecule has 3 heteroatoms. The van der Waals surface area contributed by atoms with Crippen LogP contribution in [0, 0.1) is 12.8 Å². The number of nitrogens with one attached hydrogen (secondary N) is 1. The Morgan fingerprint density at radius 3 is 2.94 bits per heavy atom. The molecule has 1 aliphatic carbocycles. The van der Waals surface area contributed by atoms with E-state index in [1.807, 2.05) is 31.2 Å². The van der Waals surface area contributed by atoms with Crippen molar-refractivity contribution in [3.63, 3.8) is 0 Å². The molecule has 1 amide bonds. The van der Waals surface area contributed by atoms with E-state index in [1.54, 1.807) is 0 Å². The van der Waals surface area contributed by atoms with Gasteiger partial charge in [0.05, 0.1) is 6.10 Å². The predicted octanol–water partition coefficient (Wildman–Crippen LogP) is 1.89. The van der Waals surface area contributed by atoms with E-state index in [9.17, 15) is 9.90 Å². The van der Waals surface area contributed by atoms with Gasteiger partial charge in [-0.1, -0.05) is 24.1 Å². The summed E-state index contributed by atoms with van der Waals surface area (Å²) in [5.41, 5.74) is 1.77. The number of carbonyl (C=O) groups excluding carboxylic acids is 1. The van der Waals surface area contributed by atoms with Crippen LogP contribution in [-0.4, -0.2) is 23.7 Å². The average Bonchev–Trinajstić information content (AvgIpc) is 2.72. The molecule has 1 aromatic rings. The first-order valence-corrected chi connectivity index (χ1v) is 6.20. The van der Waals surface area contributed by atoms with Crippen molar-refractivity contribution in [1.82, 2.24) is 5.32 Å². The molecule has 0 radical (unpaired) electrons. The highest BCUT2D eigenvalue weighted by molar-refractivity contribution is 5.94. The summed E-state index contributed by atoms with van der Waals surface area (Å²) in [6.45, 7) is 2.55. The van der Waals surface area contributed by atoms with Crippen LogP contribution in [0.5, 0.6) is 0 Å². The highest BCUT2D eigenvalue weighted by atomic mass is 16.3. The molecule has 0 heterocycles. The minimum Gasteiger partial charge on any atom is -0.393 e. The van der Waals surface area contributed by atoms with E-state index in [0.29, 0.717) is 12.1 Å². The van der Waals surface area contributed by atoms with Crippen LogP contribution in [0.3, 0.4) is 0 Å². The van der Waals surface area contributed by atoms with Crippen molar-refractivity contribution < 1.29 is 9.90 Å². The summed E-state index contributed by atoms with van der Waals surface area (Å²) >= 11 is 0. The lowest BCUT2D eigenvalue weighted by Crippen LogP contribution is -2.32. The van der Waals surface area contributed by atoms with E-state index in [4.69, 9.17) is 0 Å². The lowest BCUT2D eigenvalue weighted by molar-refractivity contribution is 0.0916. The van der Waals surface area contributed by atoms with E-state index in [0.717, 1.165) is 24.8 Å². The van der Waals surface area contributed by atoms with Gasteiger partial charge < -0.3 is 10.4 Å². The Bertz CT molecular complexity index is 403. The van der Waals surface area contributed by atoms with Gasteiger partial charge in [0.1, 0.15) is 0 Å². The Hall–Kier alpha value is -1.35. The molecule has 17 heavy (non-hydrogen) atoms. The Morgan fingerprint density at radius 2 is 2.29 bits per heavy atom. The first-order valence-electron chi connectivity index (χ1n) is 6.20. The molecule has 1 fully saturated rings. The van der Waals surface area contributed by atoms with Gasteiger partial charge in [-0.25, -0.2) is 0 Å². The number of carbonyl (C=O) groups is 1. The standard InChI is InChI=1S/C14H19NO2/c1-10-4-2-5-11(8-10)14(17)15-9-12-6-3-7-13(12)16/h2,4-5,8,12-13,16H,3,6-7,9H2,1H3,(H,15,17). The molecule has 2 N–H and O–H groups in total. The third-order valence-electron chi connectivity index (χ3n) is 3.42. The molecular formula is C14H19NO2. The van der Waals surface area contributed by atoms with Crippen LogP contribution in [0.1, 0.15) is 35.2 Å². The molecule has 2 unspecified atom stereocenters. The maximum atomic E-state index is 11.9. The van der Waals surface area contributed by atoms with Gasteiger partial charge >= 0.3 is 0 Å². The smallest absolute Gasteiger partial charge is 0.251 e. The van der Waals surface area contributed by atoms with Gasteiger partial charge in [-0.05, 0) is 31.9 Å². The second-order valence-electron chi connectivity index (χ2n) is 4.84. The van der Waals surface area contributed by atoms with E-state index in [2.05, 4.69) is 5.32 Å². The van der Waals surface area contributed by atoms with Gasteiger partial charge in [-0.15, -0.1) is 0 Å². The van der Waals surface area contributed by atoms with E-state index >= 15 is 0 Å². The van der Waals surface area contributed by atoms with Gasteiger partial charge in [0, 0.05) is 18.0 Å². The number of benzene rings is 1. The van der Waals surface area contributed by atoms with E-state index < -0.39 is 0 Å². The summed E-state index contributed by atoms with van der Waals surface area (Å²) in [5, 5.41) is 12.6. The highest BCUT2D eigenvalue weighted by Crippen LogP contribution is 2.24. The molecule has 0 aliphatic heterocycles. The zero-order valence-corrected chi connectivity index (χ0v) is 10.1. The Labute approximate surface area is 102 Å². The molecule has 3 nitrogen and oxygen atoms in total. The quantitative estimate of drug-likeness (QED) is 0.837. The number of hydrogen-bond acceptors (Lipinski definition) is 2. The fourth-order valence-corrected chi connectivity index (χ4v) is 2.37. The van der Waals surface area contributed by atoms with Crippen LogP contribution < -0.4 is 5.32 Å². The summed E-state index contributed by atoms with van der Waals surface area (Å²) < 4.78 is 0. The molecule has 2 atom stereocenters. The second kappa shape index (κ2) is 5.32. The van der Waals surface area contributed by atoms with E-state index in [-0.39, 0.29) is 17.9 Å². The zero-order chi connectivity index (χ0) is 12.3. The molecule has 1 aromatic carbocycles. The molecule has 92 valence electrons. The van der Waals surface area contributed by atoms with Gasteiger partial charge in [0.15, 0.2) is 0 Å². The van der Waals surface area contributed by atoms with Crippen LogP contribution >= 0.6 is 0 Å². The van der Waals surface area contributed by atoms with Crippen LogP contribution in [0.4, 0.5) is 0 Å². The Balaban J connectivity index is 1.89. The van der Waals surface area contributed by atoms with Gasteiger partial charge in [0.2, 0.25) is 0 Å². The maximum Gasteiger partial charge on any atom is 0.251 e. The van der Waals surface area contributed by atoms with Crippen LogP contribution in [0.2, 0.25) is 0 Å². The molecular weight excluding hydrogens is 214 g/mol. The number of aryl methyl sites for hydroxylation is 1. The molecule has 0 bridgehead atoms. The van der Waals surface area contributed by atoms with Crippen molar-refractivity contribution in [2.75, 3.05) is 6.54 Å². The number of aliphatic hydroxyl groups excluding tert-OH is 1. The molecule has 0 aromatic heterocycles. The second-order valence-corrected chi connectivity index (χ2v) is 4.84. The topological polar surface area (TPSA) is 49.3 Å². The van der Waals surface area contributed by atoms with Crippen molar-refractivity contribution in [2.24, 2.45) is 5.92 Å². The summed E-state index contributed by atoms with van der Waals surface area (Å²) in [4.78, 5) is 11.9. The molecule has 2 rings (SSSR count). The summed E-state index contributed by atoms with van der Waals surface area (Å²) in [5.74, 6) is 0.177. The lowest BCUT2D eigenvalue weighted by atomic mass is 10.1. The summed E-state index contributed by atoms with van der Waals surface area (Å²) in [6, 6.07) is 7.54. The molecule has 0 spiro atoms. The lowest BCUT2D eigenvalue weighted by Gasteiger charge is -2.15. The predicted molar refractivity (Wildman–Crippen MR) is 66.9 cm³/mol. The highest BCUT2D eigenvalue weighted by Gasteiger charge is 2.25. The van der Waals surface area contributed by atoms with Crippen molar-refractivity contribution in [2.45, 2.75) is 32.3 Å². The van der Waals surface area contributed by atoms with Crippen molar-refractivity contribution in [1.29, 1.82) is 0 Å². The molecule has 0 saturated heterocycles. The number of rotatable bonds is 3. The number of hydrogen-bond donors (Lipinski definition) is 2. The van der Waals surface area contributed by atoms with Crippen molar-refractivity contribution >= 4 is 5.91 Å². The van der Waals surface area contributed by atoms with Crippen LogP contribution in [-0.2, 0) is 0 Å². The fraction of sp³-hybridized carbons (Fsp3) is 0.500. The first kappa shape index (κ1) is 12.1.